The van der Waals surface area contributed by atoms with Gasteiger partial charge in [0.05, 0.1) is 0 Å². The number of carbonyl (C=O) groups is 1. The number of rotatable bonds is 3. The van der Waals surface area contributed by atoms with Gasteiger partial charge in [0.25, 0.3) is 5.56 Å². The highest BCUT2D eigenvalue weighted by molar-refractivity contribution is 5.76. The fraction of sp³-hybridized carbons (Fsp3) is 0.294. The van der Waals surface area contributed by atoms with Gasteiger partial charge in [0.15, 0.2) is 0 Å². The molecule has 1 aromatic carbocycles. The van der Waals surface area contributed by atoms with Gasteiger partial charge in [-0.15, -0.1) is 0 Å². The van der Waals surface area contributed by atoms with Crippen LogP contribution in [0.2, 0.25) is 0 Å². The highest BCUT2D eigenvalue weighted by Gasteiger charge is 2.21. The molecular weight excluding hydrogens is 278 g/mol. The van der Waals surface area contributed by atoms with Crippen LogP contribution in [0.15, 0.2) is 59.5 Å². The van der Waals surface area contributed by atoms with Crippen LogP contribution < -0.4 is 10.5 Å². The van der Waals surface area contributed by atoms with Crippen LogP contribution in [0.3, 0.4) is 0 Å². The lowest BCUT2D eigenvalue weighted by Crippen LogP contribution is -2.50. The Morgan fingerprint density at radius 3 is 2.27 bits per heavy atom. The van der Waals surface area contributed by atoms with Crippen molar-refractivity contribution in [3.63, 3.8) is 0 Å². The van der Waals surface area contributed by atoms with E-state index in [-0.39, 0.29) is 18.0 Å². The van der Waals surface area contributed by atoms with Crippen LogP contribution in [0.4, 0.5) is 5.69 Å². The summed E-state index contributed by atoms with van der Waals surface area (Å²) in [5.41, 5.74) is 1.05. The van der Waals surface area contributed by atoms with Crippen LogP contribution in [0, 0.1) is 0 Å². The van der Waals surface area contributed by atoms with Gasteiger partial charge < -0.3 is 14.4 Å². The van der Waals surface area contributed by atoms with Gasteiger partial charge in [0.1, 0.15) is 6.54 Å². The molecule has 0 bridgehead atoms. The second-order valence-corrected chi connectivity index (χ2v) is 5.37. The van der Waals surface area contributed by atoms with Crippen molar-refractivity contribution >= 4 is 11.6 Å². The normalized spacial score (nSPS) is 14.9. The summed E-state index contributed by atoms with van der Waals surface area (Å²) in [6.45, 7) is 3.13. The van der Waals surface area contributed by atoms with E-state index >= 15 is 0 Å². The Hall–Kier alpha value is -2.56. The maximum Gasteiger partial charge on any atom is 0.250 e. The van der Waals surface area contributed by atoms with Crippen LogP contribution in [-0.4, -0.2) is 41.6 Å². The third-order valence-corrected chi connectivity index (χ3v) is 3.96. The summed E-state index contributed by atoms with van der Waals surface area (Å²) in [4.78, 5) is 28.1. The standard InChI is InChI=1S/C17H19N3O2/c21-16-8-4-5-9-20(16)14-17(22)19-12-10-18(11-13-19)15-6-2-1-3-7-15/h1-9H,10-14H2. The molecule has 3 rings (SSSR count). The highest BCUT2D eigenvalue weighted by Crippen LogP contribution is 2.15. The van der Waals surface area contributed by atoms with Crippen molar-refractivity contribution in [2.75, 3.05) is 31.1 Å². The smallest absolute Gasteiger partial charge is 0.250 e. The number of hydrogen-bond donors (Lipinski definition) is 0. The molecule has 0 spiro atoms. The number of amides is 1. The lowest BCUT2D eigenvalue weighted by molar-refractivity contribution is -0.132. The average molecular weight is 297 g/mol. The van der Waals surface area contributed by atoms with Crippen molar-refractivity contribution in [3.05, 3.63) is 65.1 Å². The Balaban J connectivity index is 1.58. The van der Waals surface area contributed by atoms with Crippen molar-refractivity contribution < 1.29 is 4.79 Å². The molecule has 1 amide bonds. The SMILES string of the molecule is O=C(Cn1ccccc1=O)N1CCN(c2ccccc2)CC1. The molecule has 114 valence electrons. The second kappa shape index (κ2) is 6.47. The summed E-state index contributed by atoms with van der Waals surface area (Å²) in [5, 5.41) is 0. The molecule has 1 aliphatic heterocycles. The van der Waals surface area contributed by atoms with Crippen LogP contribution >= 0.6 is 0 Å². The third kappa shape index (κ3) is 3.19. The first-order chi connectivity index (χ1) is 10.7. The first-order valence-electron chi connectivity index (χ1n) is 7.47. The number of nitrogens with zero attached hydrogens (tertiary/aromatic N) is 3. The van der Waals surface area contributed by atoms with Crippen LogP contribution in [0.1, 0.15) is 0 Å². The molecule has 0 atom stereocenters. The maximum absolute atomic E-state index is 12.3. The molecule has 1 aromatic heterocycles. The minimum atomic E-state index is -0.140. The van der Waals surface area contributed by atoms with Gasteiger partial charge in [-0.25, -0.2) is 0 Å². The van der Waals surface area contributed by atoms with Crippen LogP contribution in [0.25, 0.3) is 0 Å². The number of benzene rings is 1. The Labute approximate surface area is 129 Å². The molecule has 2 aromatic rings. The molecule has 5 nitrogen and oxygen atoms in total. The fourth-order valence-corrected chi connectivity index (χ4v) is 2.69. The third-order valence-electron chi connectivity index (χ3n) is 3.96. The Kier molecular flexibility index (Phi) is 4.23. The van der Waals surface area contributed by atoms with E-state index in [4.69, 9.17) is 0 Å². The summed E-state index contributed by atoms with van der Waals surface area (Å²) < 4.78 is 1.45. The van der Waals surface area contributed by atoms with Gasteiger partial charge in [0, 0.05) is 44.1 Å². The zero-order chi connectivity index (χ0) is 15.4. The molecule has 0 aliphatic carbocycles. The summed E-state index contributed by atoms with van der Waals surface area (Å²) in [6.07, 6.45) is 1.65. The Morgan fingerprint density at radius 2 is 1.59 bits per heavy atom. The zero-order valence-electron chi connectivity index (χ0n) is 12.4. The number of pyridine rings is 1. The summed E-state index contributed by atoms with van der Waals surface area (Å²) in [7, 11) is 0. The number of piperazine rings is 1. The summed E-state index contributed by atoms with van der Waals surface area (Å²) in [6, 6.07) is 15.1. The predicted molar refractivity (Wildman–Crippen MR) is 85.9 cm³/mol. The Bertz CT molecular complexity index is 688. The number of hydrogen-bond acceptors (Lipinski definition) is 3. The largest absolute Gasteiger partial charge is 0.368 e. The molecule has 22 heavy (non-hydrogen) atoms. The van der Waals surface area contributed by atoms with Crippen LogP contribution in [0.5, 0.6) is 0 Å². The topological polar surface area (TPSA) is 45.6 Å². The Morgan fingerprint density at radius 1 is 0.909 bits per heavy atom. The van der Waals surface area contributed by atoms with Crippen molar-refractivity contribution in [2.24, 2.45) is 0 Å². The highest BCUT2D eigenvalue weighted by atomic mass is 16.2. The number of anilines is 1. The number of aromatic nitrogens is 1. The predicted octanol–water partition coefficient (Wildman–Crippen LogP) is 1.20. The molecule has 0 N–H and O–H groups in total. The van der Waals surface area contributed by atoms with E-state index in [1.54, 1.807) is 18.3 Å². The first kappa shape index (κ1) is 14.4. The number of para-hydroxylation sites is 1. The minimum absolute atomic E-state index is 0.000937. The fourth-order valence-electron chi connectivity index (χ4n) is 2.69. The average Bonchev–Trinajstić information content (AvgIpc) is 2.58. The van der Waals surface area contributed by atoms with Crippen molar-refractivity contribution in [2.45, 2.75) is 6.54 Å². The quantitative estimate of drug-likeness (QED) is 0.855. The van der Waals surface area contributed by atoms with E-state index in [0.717, 1.165) is 13.1 Å². The summed E-state index contributed by atoms with van der Waals surface area (Å²) >= 11 is 0. The molecule has 5 heteroatoms. The molecule has 0 saturated carbocycles. The zero-order valence-corrected chi connectivity index (χ0v) is 12.4. The van der Waals surface area contributed by atoms with Gasteiger partial charge in [-0.05, 0) is 18.2 Å². The van der Waals surface area contributed by atoms with Crippen molar-refractivity contribution in [3.8, 4) is 0 Å². The van der Waals surface area contributed by atoms with Crippen molar-refractivity contribution in [1.29, 1.82) is 0 Å². The van der Waals surface area contributed by atoms with Crippen molar-refractivity contribution in [1.82, 2.24) is 9.47 Å². The molecule has 2 heterocycles. The van der Waals surface area contributed by atoms with Gasteiger partial charge in [-0.1, -0.05) is 24.3 Å². The summed E-state index contributed by atoms with van der Waals surface area (Å²) in [5.74, 6) is 0.000937. The lowest BCUT2D eigenvalue weighted by Gasteiger charge is -2.36. The van der Waals surface area contributed by atoms with E-state index in [0.29, 0.717) is 13.1 Å². The monoisotopic (exact) mass is 297 g/mol. The molecule has 1 fully saturated rings. The van der Waals surface area contributed by atoms with E-state index in [9.17, 15) is 9.59 Å². The number of carbonyl (C=O) groups excluding carboxylic acids is 1. The molecular formula is C17H19N3O2. The first-order valence-corrected chi connectivity index (χ1v) is 7.47. The van der Waals surface area contributed by atoms with Gasteiger partial charge >= 0.3 is 0 Å². The van der Waals surface area contributed by atoms with Gasteiger partial charge in [0.2, 0.25) is 5.91 Å². The lowest BCUT2D eigenvalue weighted by atomic mass is 10.2. The minimum Gasteiger partial charge on any atom is -0.368 e. The van der Waals surface area contributed by atoms with Gasteiger partial charge in [-0.2, -0.15) is 0 Å². The molecule has 1 aliphatic rings. The molecule has 0 unspecified atom stereocenters. The molecule has 0 radical (unpaired) electrons. The van der Waals surface area contributed by atoms with Gasteiger partial charge in [-0.3, -0.25) is 9.59 Å². The van der Waals surface area contributed by atoms with E-state index < -0.39 is 0 Å². The second-order valence-electron chi connectivity index (χ2n) is 5.37. The maximum atomic E-state index is 12.3. The van der Waals surface area contributed by atoms with E-state index in [1.807, 2.05) is 23.1 Å². The van der Waals surface area contributed by atoms with E-state index in [2.05, 4.69) is 17.0 Å². The van der Waals surface area contributed by atoms with E-state index in [1.165, 1.54) is 16.3 Å². The van der Waals surface area contributed by atoms with Crippen LogP contribution in [-0.2, 0) is 11.3 Å². The molecule has 1 saturated heterocycles.